The van der Waals surface area contributed by atoms with Crippen molar-refractivity contribution in [2.24, 2.45) is 16.8 Å². The minimum absolute atomic E-state index is 0.0200. The number of hydrogen-bond acceptors (Lipinski definition) is 4. The molecule has 1 saturated carbocycles. The fourth-order valence-electron chi connectivity index (χ4n) is 2.91. The van der Waals surface area contributed by atoms with Crippen molar-refractivity contribution in [2.75, 3.05) is 11.9 Å². The van der Waals surface area contributed by atoms with Crippen LogP contribution in [0.25, 0.3) is 0 Å². The van der Waals surface area contributed by atoms with Gasteiger partial charge in [0.25, 0.3) is 5.91 Å². The molecule has 0 radical (unpaired) electrons. The van der Waals surface area contributed by atoms with E-state index in [1.54, 1.807) is 24.3 Å². The van der Waals surface area contributed by atoms with Gasteiger partial charge in [-0.2, -0.15) is 0 Å². The number of halogens is 1. The lowest BCUT2D eigenvalue weighted by Crippen LogP contribution is -2.42. The van der Waals surface area contributed by atoms with Gasteiger partial charge in [-0.15, -0.1) is 0 Å². The van der Waals surface area contributed by atoms with E-state index in [9.17, 15) is 9.59 Å². The van der Waals surface area contributed by atoms with E-state index >= 15 is 0 Å². The number of hydrogen-bond donors (Lipinski definition) is 3. The number of rotatable bonds is 7. The highest BCUT2D eigenvalue weighted by Gasteiger charge is 2.22. The second-order valence-corrected chi connectivity index (χ2v) is 6.90. The van der Waals surface area contributed by atoms with Crippen molar-refractivity contribution >= 4 is 34.9 Å². The third-order valence-electron chi connectivity index (χ3n) is 4.32. The summed E-state index contributed by atoms with van der Waals surface area (Å²) in [6, 6.07) is 7.06. The fraction of sp³-hybridized carbons (Fsp3) is 0.500. The van der Waals surface area contributed by atoms with Crippen molar-refractivity contribution in [3.63, 3.8) is 0 Å². The second kappa shape index (κ2) is 10.0. The first-order chi connectivity index (χ1) is 12.5. The molecule has 1 aromatic carbocycles. The lowest BCUT2D eigenvalue weighted by Gasteiger charge is -2.29. The van der Waals surface area contributed by atoms with E-state index in [1.165, 1.54) is 6.42 Å². The summed E-state index contributed by atoms with van der Waals surface area (Å²) in [4.78, 5) is 28.8. The molecule has 0 saturated heterocycles. The van der Waals surface area contributed by atoms with Crippen molar-refractivity contribution in [3.8, 4) is 0 Å². The van der Waals surface area contributed by atoms with Crippen LogP contribution < -0.4 is 16.4 Å². The van der Waals surface area contributed by atoms with Gasteiger partial charge < -0.3 is 21.2 Å². The number of nitrogens with one attached hydrogen (secondary N) is 2. The van der Waals surface area contributed by atoms with E-state index in [4.69, 9.17) is 22.2 Å². The SMILES string of the molecule is CC1CCCCC1NC(=O)CON=C(N)CC(=O)Nc1ccccc1Cl. The molecule has 1 aromatic rings. The van der Waals surface area contributed by atoms with Crippen molar-refractivity contribution < 1.29 is 14.4 Å². The molecule has 2 amide bonds. The summed E-state index contributed by atoms with van der Waals surface area (Å²) in [7, 11) is 0. The molecule has 1 aliphatic carbocycles. The number of carbonyl (C=O) groups is 2. The van der Waals surface area contributed by atoms with E-state index < -0.39 is 0 Å². The molecule has 7 nitrogen and oxygen atoms in total. The van der Waals surface area contributed by atoms with E-state index in [-0.39, 0.29) is 36.7 Å². The summed E-state index contributed by atoms with van der Waals surface area (Å²) in [5, 5.41) is 9.64. The maximum Gasteiger partial charge on any atom is 0.261 e. The van der Waals surface area contributed by atoms with Gasteiger partial charge in [0, 0.05) is 6.04 Å². The molecule has 1 fully saturated rings. The molecule has 2 unspecified atom stereocenters. The van der Waals surface area contributed by atoms with Gasteiger partial charge in [0.05, 0.1) is 17.1 Å². The summed E-state index contributed by atoms with van der Waals surface area (Å²) < 4.78 is 0. The Hall–Kier alpha value is -2.28. The van der Waals surface area contributed by atoms with Gasteiger partial charge in [-0.05, 0) is 30.9 Å². The summed E-state index contributed by atoms with van der Waals surface area (Å²) in [6.07, 6.45) is 4.29. The predicted molar refractivity (Wildman–Crippen MR) is 102 cm³/mol. The van der Waals surface area contributed by atoms with Gasteiger partial charge in [-0.25, -0.2) is 0 Å². The Morgan fingerprint density at radius 3 is 2.73 bits per heavy atom. The predicted octanol–water partition coefficient (Wildman–Crippen LogP) is 2.65. The number of anilines is 1. The maximum absolute atomic E-state index is 11.9. The van der Waals surface area contributed by atoms with Crippen molar-refractivity contribution in [2.45, 2.75) is 45.1 Å². The lowest BCUT2D eigenvalue weighted by molar-refractivity contribution is -0.127. The number of para-hydroxylation sites is 1. The van der Waals surface area contributed by atoms with Gasteiger partial charge in [0.2, 0.25) is 5.91 Å². The molecule has 0 aromatic heterocycles. The van der Waals surface area contributed by atoms with Crippen LogP contribution >= 0.6 is 11.6 Å². The number of nitrogens with zero attached hydrogens (tertiary/aromatic N) is 1. The lowest BCUT2D eigenvalue weighted by atomic mass is 9.86. The zero-order valence-corrected chi connectivity index (χ0v) is 15.6. The average molecular weight is 381 g/mol. The van der Waals surface area contributed by atoms with Crippen LogP contribution in [-0.4, -0.2) is 30.3 Å². The Labute approximate surface area is 158 Å². The van der Waals surface area contributed by atoms with Crippen LogP contribution in [0.15, 0.2) is 29.4 Å². The third-order valence-corrected chi connectivity index (χ3v) is 4.65. The summed E-state index contributed by atoms with van der Waals surface area (Å²) in [5.41, 5.74) is 6.15. The molecule has 0 heterocycles. The Morgan fingerprint density at radius 1 is 1.27 bits per heavy atom. The van der Waals surface area contributed by atoms with Crippen LogP contribution in [0, 0.1) is 5.92 Å². The molecule has 8 heteroatoms. The number of nitrogens with two attached hydrogens (primary N) is 1. The van der Waals surface area contributed by atoms with Crippen LogP contribution in [-0.2, 0) is 14.4 Å². The molecule has 2 atom stereocenters. The number of amides is 2. The molecule has 0 aliphatic heterocycles. The summed E-state index contributed by atoms with van der Waals surface area (Å²) in [6.45, 7) is 1.91. The zero-order valence-electron chi connectivity index (χ0n) is 14.8. The number of carbonyl (C=O) groups excluding carboxylic acids is 2. The first-order valence-electron chi connectivity index (χ1n) is 8.73. The molecule has 26 heavy (non-hydrogen) atoms. The van der Waals surface area contributed by atoms with Crippen LogP contribution in [0.1, 0.15) is 39.0 Å². The van der Waals surface area contributed by atoms with Gasteiger partial charge in [-0.1, -0.05) is 48.7 Å². The standard InChI is InChI=1S/C18H25ClN4O3/c1-12-6-2-4-8-14(12)21-18(25)11-26-23-16(20)10-17(24)22-15-9-5-3-7-13(15)19/h3,5,7,9,12,14H,2,4,6,8,10-11H2,1H3,(H2,20,23)(H,21,25)(H,22,24). The maximum atomic E-state index is 11.9. The van der Waals surface area contributed by atoms with Gasteiger partial charge in [-0.3, -0.25) is 9.59 Å². The first kappa shape index (κ1) is 20.0. The molecule has 4 N–H and O–H groups in total. The first-order valence-corrected chi connectivity index (χ1v) is 9.11. The van der Waals surface area contributed by atoms with Crippen molar-refractivity contribution in [1.82, 2.24) is 5.32 Å². The zero-order chi connectivity index (χ0) is 18.9. The van der Waals surface area contributed by atoms with Gasteiger partial charge in [0.1, 0.15) is 5.84 Å². The van der Waals surface area contributed by atoms with Gasteiger partial charge >= 0.3 is 0 Å². The minimum Gasteiger partial charge on any atom is -0.384 e. The quantitative estimate of drug-likeness (QED) is 0.384. The van der Waals surface area contributed by atoms with Crippen molar-refractivity contribution in [3.05, 3.63) is 29.3 Å². The van der Waals surface area contributed by atoms with Crippen LogP contribution in [0.3, 0.4) is 0 Å². The molecule has 1 aliphatic rings. The normalized spacial score (nSPS) is 20.3. The van der Waals surface area contributed by atoms with E-state index in [1.807, 2.05) is 0 Å². The molecular weight excluding hydrogens is 356 g/mol. The molecule has 142 valence electrons. The number of benzene rings is 1. The number of oxime groups is 1. The van der Waals surface area contributed by atoms with E-state index in [2.05, 4.69) is 22.7 Å². The highest BCUT2D eigenvalue weighted by molar-refractivity contribution is 6.33. The minimum atomic E-state index is -0.372. The van der Waals surface area contributed by atoms with E-state index in [0.717, 1.165) is 19.3 Å². The molecule has 0 spiro atoms. The second-order valence-electron chi connectivity index (χ2n) is 6.50. The Balaban J connectivity index is 1.71. The summed E-state index contributed by atoms with van der Waals surface area (Å²) in [5.74, 6) is -0.160. The monoisotopic (exact) mass is 380 g/mol. The molecule has 2 rings (SSSR count). The highest BCUT2D eigenvalue weighted by Crippen LogP contribution is 2.23. The fourth-order valence-corrected chi connectivity index (χ4v) is 3.09. The average Bonchev–Trinajstić information content (AvgIpc) is 2.59. The van der Waals surface area contributed by atoms with E-state index in [0.29, 0.717) is 16.6 Å². The largest absolute Gasteiger partial charge is 0.384 e. The topological polar surface area (TPSA) is 106 Å². The van der Waals surface area contributed by atoms with Crippen molar-refractivity contribution in [1.29, 1.82) is 0 Å². The Morgan fingerprint density at radius 2 is 2.00 bits per heavy atom. The molecule has 0 bridgehead atoms. The summed E-state index contributed by atoms with van der Waals surface area (Å²) >= 11 is 5.97. The Bertz CT molecular complexity index is 666. The molecular formula is C18H25ClN4O3. The Kier molecular flexibility index (Phi) is 7.72. The smallest absolute Gasteiger partial charge is 0.261 e. The number of amidine groups is 1. The van der Waals surface area contributed by atoms with Crippen LogP contribution in [0.5, 0.6) is 0 Å². The highest BCUT2D eigenvalue weighted by atomic mass is 35.5. The van der Waals surface area contributed by atoms with Gasteiger partial charge in [0.15, 0.2) is 6.61 Å². The van der Waals surface area contributed by atoms with Crippen LogP contribution in [0.2, 0.25) is 5.02 Å². The van der Waals surface area contributed by atoms with Crippen LogP contribution in [0.4, 0.5) is 5.69 Å². The third kappa shape index (κ3) is 6.55.